The number of aryl methyl sites for hydroxylation is 2. The molecular weight excluding hydrogens is 368 g/mol. The number of nitrogens with one attached hydrogen (secondary N) is 1. The number of H-pyrrole nitrogens is 1. The van der Waals surface area contributed by atoms with Crippen LogP contribution in [-0.4, -0.2) is 49.7 Å². The Morgan fingerprint density at radius 3 is 2.69 bits per heavy atom. The minimum atomic E-state index is -0.950. The van der Waals surface area contributed by atoms with Crippen molar-refractivity contribution in [3.63, 3.8) is 0 Å². The van der Waals surface area contributed by atoms with Crippen molar-refractivity contribution in [3.05, 3.63) is 53.0 Å². The summed E-state index contributed by atoms with van der Waals surface area (Å²) in [4.78, 5) is 29.2. The molecular formula is C22H26N4O3. The quantitative estimate of drug-likeness (QED) is 0.693. The molecule has 0 radical (unpaired) electrons. The number of carbonyl (C=O) groups is 2. The van der Waals surface area contributed by atoms with E-state index in [1.165, 1.54) is 22.7 Å². The highest BCUT2D eigenvalue weighted by atomic mass is 16.4. The van der Waals surface area contributed by atoms with E-state index in [4.69, 9.17) is 0 Å². The molecule has 7 nitrogen and oxygen atoms in total. The summed E-state index contributed by atoms with van der Waals surface area (Å²) in [5.41, 5.74) is 4.46. The lowest BCUT2D eigenvalue weighted by Crippen LogP contribution is -2.39. The van der Waals surface area contributed by atoms with Crippen LogP contribution in [0.5, 0.6) is 0 Å². The molecule has 3 heterocycles. The summed E-state index contributed by atoms with van der Waals surface area (Å²) >= 11 is 0. The van der Waals surface area contributed by atoms with Crippen molar-refractivity contribution in [2.45, 2.75) is 45.6 Å². The van der Waals surface area contributed by atoms with Gasteiger partial charge in [-0.25, -0.2) is 4.79 Å². The van der Waals surface area contributed by atoms with Gasteiger partial charge in [0.15, 0.2) is 0 Å². The van der Waals surface area contributed by atoms with E-state index in [2.05, 4.69) is 35.2 Å². The standard InChI is InChI=1S/C22H26N4O3/c1-14-4-3-5-18-16(12-23-21(14)18)6-7-20(27)25-10-8-17(9-11-25)26-15(2)19(13-24-26)22(28)29/h3-5,12-13,17,23H,6-11H2,1-2H3,(H,28,29). The second kappa shape index (κ2) is 7.73. The maximum Gasteiger partial charge on any atom is 0.339 e. The molecule has 3 aromatic rings. The first-order valence-electron chi connectivity index (χ1n) is 10.1. The average Bonchev–Trinajstić information content (AvgIpc) is 3.30. The molecule has 0 bridgehead atoms. The molecule has 4 rings (SSSR count). The Morgan fingerprint density at radius 2 is 2.00 bits per heavy atom. The summed E-state index contributed by atoms with van der Waals surface area (Å²) in [7, 11) is 0. The summed E-state index contributed by atoms with van der Waals surface area (Å²) in [5.74, 6) is -0.775. The highest BCUT2D eigenvalue weighted by Crippen LogP contribution is 2.26. The van der Waals surface area contributed by atoms with Gasteiger partial charge in [0.1, 0.15) is 5.56 Å². The van der Waals surface area contributed by atoms with Gasteiger partial charge in [-0.15, -0.1) is 0 Å². The first kappa shape index (κ1) is 19.2. The molecule has 1 aliphatic rings. The fourth-order valence-corrected chi connectivity index (χ4v) is 4.33. The predicted octanol–water partition coefficient (Wildman–Crippen LogP) is 3.48. The number of hydrogen-bond donors (Lipinski definition) is 2. The normalized spacial score (nSPS) is 15.2. The second-order valence-electron chi connectivity index (χ2n) is 7.82. The van der Waals surface area contributed by atoms with Gasteiger partial charge in [0, 0.05) is 36.6 Å². The van der Waals surface area contributed by atoms with E-state index in [1.54, 1.807) is 11.6 Å². The number of amides is 1. The third-order valence-corrected chi connectivity index (χ3v) is 6.06. The second-order valence-corrected chi connectivity index (χ2v) is 7.82. The number of fused-ring (bicyclic) bond motifs is 1. The molecule has 152 valence electrons. The fourth-order valence-electron chi connectivity index (χ4n) is 4.33. The highest BCUT2D eigenvalue weighted by Gasteiger charge is 2.26. The molecule has 0 saturated carbocycles. The van der Waals surface area contributed by atoms with Gasteiger partial charge in [0.05, 0.1) is 17.9 Å². The van der Waals surface area contributed by atoms with E-state index in [-0.39, 0.29) is 17.5 Å². The van der Waals surface area contributed by atoms with Gasteiger partial charge in [-0.1, -0.05) is 18.2 Å². The van der Waals surface area contributed by atoms with Gasteiger partial charge in [0.25, 0.3) is 0 Å². The number of carbonyl (C=O) groups excluding carboxylic acids is 1. The van der Waals surface area contributed by atoms with Crippen LogP contribution in [0.2, 0.25) is 0 Å². The zero-order valence-electron chi connectivity index (χ0n) is 16.8. The highest BCUT2D eigenvalue weighted by molar-refractivity contribution is 5.88. The van der Waals surface area contributed by atoms with Crippen LogP contribution >= 0.6 is 0 Å². The molecule has 0 spiro atoms. The zero-order valence-corrected chi connectivity index (χ0v) is 16.8. The van der Waals surface area contributed by atoms with Crippen molar-refractivity contribution in [2.24, 2.45) is 0 Å². The minimum Gasteiger partial charge on any atom is -0.478 e. The number of likely N-dealkylation sites (tertiary alicyclic amines) is 1. The van der Waals surface area contributed by atoms with Crippen LogP contribution in [-0.2, 0) is 11.2 Å². The summed E-state index contributed by atoms with van der Waals surface area (Å²) in [6, 6.07) is 6.37. The number of aromatic nitrogens is 3. The largest absolute Gasteiger partial charge is 0.478 e. The molecule has 1 aliphatic heterocycles. The van der Waals surface area contributed by atoms with Crippen LogP contribution in [0, 0.1) is 13.8 Å². The number of carboxylic acids is 1. The molecule has 1 aromatic carbocycles. The number of aromatic carboxylic acids is 1. The number of piperidine rings is 1. The molecule has 0 aliphatic carbocycles. The maximum atomic E-state index is 12.7. The van der Waals surface area contributed by atoms with Gasteiger partial charge in [0.2, 0.25) is 5.91 Å². The first-order chi connectivity index (χ1) is 14.0. The summed E-state index contributed by atoms with van der Waals surface area (Å²) in [6.07, 6.45) is 6.23. The molecule has 0 atom stereocenters. The number of hydrogen-bond acceptors (Lipinski definition) is 3. The monoisotopic (exact) mass is 394 g/mol. The molecule has 1 amide bonds. The van der Waals surface area contributed by atoms with Crippen LogP contribution in [0.1, 0.15) is 52.5 Å². The van der Waals surface area contributed by atoms with Gasteiger partial charge >= 0.3 is 5.97 Å². The minimum absolute atomic E-state index is 0.142. The number of para-hydroxylation sites is 1. The van der Waals surface area contributed by atoms with Crippen LogP contribution < -0.4 is 0 Å². The molecule has 2 aromatic heterocycles. The Morgan fingerprint density at radius 1 is 1.24 bits per heavy atom. The van der Waals surface area contributed by atoms with Crippen molar-refractivity contribution < 1.29 is 14.7 Å². The number of rotatable bonds is 5. The van der Waals surface area contributed by atoms with Crippen LogP contribution in [0.15, 0.2) is 30.6 Å². The van der Waals surface area contributed by atoms with E-state index < -0.39 is 5.97 Å². The van der Waals surface area contributed by atoms with E-state index in [1.807, 2.05) is 11.1 Å². The third-order valence-electron chi connectivity index (χ3n) is 6.06. The molecule has 7 heteroatoms. The Kier molecular flexibility index (Phi) is 5.13. The zero-order chi connectivity index (χ0) is 20.5. The Hall–Kier alpha value is -3.09. The number of carboxylic acid groups (broad SMARTS) is 1. The summed E-state index contributed by atoms with van der Waals surface area (Å²) < 4.78 is 1.81. The van der Waals surface area contributed by atoms with Gasteiger partial charge < -0.3 is 15.0 Å². The Labute approximate surface area is 169 Å². The van der Waals surface area contributed by atoms with Crippen LogP contribution in [0.25, 0.3) is 10.9 Å². The van der Waals surface area contributed by atoms with Gasteiger partial charge in [-0.2, -0.15) is 5.10 Å². The van der Waals surface area contributed by atoms with Gasteiger partial charge in [-0.05, 0) is 44.2 Å². The van der Waals surface area contributed by atoms with Crippen molar-refractivity contribution in [1.29, 1.82) is 0 Å². The lowest BCUT2D eigenvalue weighted by Gasteiger charge is -2.32. The first-order valence-corrected chi connectivity index (χ1v) is 10.1. The smallest absolute Gasteiger partial charge is 0.339 e. The van der Waals surface area contributed by atoms with Crippen molar-refractivity contribution in [1.82, 2.24) is 19.7 Å². The SMILES string of the molecule is Cc1cccc2c(CCC(=O)N3CCC(n4ncc(C(=O)O)c4C)CC3)c[nH]c12. The Balaban J connectivity index is 1.34. The van der Waals surface area contributed by atoms with E-state index in [0.29, 0.717) is 25.2 Å². The van der Waals surface area contributed by atoms with Crippen molar-refractivity contribution in [3.8, 4) is 0 Å². The molecule has 29 heavy (non-hydrogen) atoms. The topological polar surface area (TPSA) is 91.2 Å². The van der Waals surface area contributed by atoms with E-state index >= 15 is 0 Å². The lowest BCUT2D eigenvalue weighted by molar-refractivity contribution is -0.132. The number of benzene rings is 1. The van der Waals surface area contributed by atoms with Crippen LogP contribution in [0.4, 0.5) is 0 Å². The summed E-state index contributed by atoms with van der Waals surface area (Å²) in [6.45, 7) is 5.23. The Bertz CT molecular complexity index is 1060. The number of nitrogens with zero attached hydrogens (tertiary/aromatic N) is 3. The molecule has 1 fully saturated rings. The number of aromatic amines is 1. The maximum absolute atomic E-state index is 12.7. The third kappa shape index (κ3) is 3.64. The van der Waals surface area contributed by atoms with Crippen LogP contribution in [0.3, 0.4) is 0 Å². The lowest BCUT2D eigenvalue weighted by atomic mass is 10.0. The fraction of sp³-hybridized carbons (Fsp3) is 0.409. The van der Waals surface area contributed by atoms with Gasteiger partial charge in [-0.3, -0.25) is 9.48 Å². The predicted molar refractivity (Wildman–Crippen MR) is 110 cm³/mol. The van der Waals surface area contributed by atoms with Crippen molar-refractivity contribution in [2.75, 3.05) is 13.1 Å². The van der Waals surface area contributed by atoms with Crippen molar-refractivity contribution >= 4 is 22.8 Å². The average molecular weight is 394 g/mol. The summed E-state index contributed by atoms with van der Waals surface area (Å²) in [5, 5.41) is 14.7. The molecule has 2 N–H and O–H groups in total. The molecule has 0 unspecified atom stereocenters. The molecule has 1 saturated heterocycles. The van der Waals surface area contributed by atoms with E-state index in [9.17, 15) is 14.7 Å². The van der Waals surface area contributed by atoms with E-state index in [0.717, 1.165) is 24.8 Å².